The number of benzene rings is 3. The number of hydrogen-bond donors (Lipinski definition) is 0. The number of hydrogen-bond acceptors (Lipinski definition) is 2. The van der Waals surface area contributed by atoms with Gasteiger partial charge in [0.25, 0.3) is 0 Å². The highest BCUT2D eigenvalue weighted by atomic mass is 35.5. The van der Waals surface area contributed by atoms with E-state index in [1.807, 2.05) is 30.3 Å². The molecular formula is C18H13ClOS. The van der Waals surface area contributed by atoms with E-state index < -0.39 is 0 Å². The number of ketones is 1. The minimum absolute atomic E-state index is 0.0544. The van der Waals surface area contributed by atoms with Crippen LogP contribution in [0.3, 0.4) is 0 Å². The van der Waals surface area contributed by atoms with Crippen LogP contribution in [-0.2, 0) is 0 Å². The van der Waals surface area contributed by atoms with Gasteiger partial charge in [-0.1, -0.05) is 54.1 Å². The molecule has 0 aliphatic heterocycles. The van der Waals surface area contributed by atoms with Gasteiger partial charge < -0.3 is 0 Å². The number of fused-ring (bicyclic) bond motifs is 1. The minimum atomic E-state index is 0.0544. The van der Waals surface area contributed by atoms with Crippen molar-refractivity contribution in [3.05, 3.63) is 77.3 Å². The SMILES string of the molecule is O=C(CSc1ccc2ccccc2c1)c1ccccc1Cl. The molecule has 0 spiro atoms. The fourth-order valence-electron chi connectivity index (χ4n) is 2.17. The Morgan fingerprint density at radius 2 is 1.62 bits per heavy atom. The molecule has 3 aromatic carbocycles. The standard InChI is InChI=1S/C18H13ClOS/c19-17-8-4-3-7-16(17)18(20)12-21-15-10-9-13-5-1-2-6-14(13)11-15/h1-11H,12H2. The molecule has 0 fully saturated rings. The summed E-state index contributed by atoms with van der Waals surface area (Å²) in [7, 11) is 0. The van der Waals surface area contributed by atoms with E-state index in [4.69, 9.17) is 11.6 Å². The predicted molar refractivity (Wildman–Crippen MR) is 90.5 cm³/mol. The molecule has 0 aliphatic rings. The maximum Gasteiger partial charge on any atom is 0.174 e. The van der Waals surface area contributed by atoms with Crippen molar-refractivity contribution in [2.24, 2.45) is 0 Å². The highest BCUT2D eigenvalue weighted by molar-refractivity contribution is 8.00. The average molecular weight is 313 g/mol. The summed E-state index contributed by atoms with van der Waals surface area (Å²) in [5.74, 6) is 0.445. The summed E-state index contributed by atoms with van der Waals surface area (Å²) in [5, 5.41) is 2.91. The molecule has 0 radical (unpaired) electrons. The van der Waals surface area contributed by atoms with Crippen LogP contribution in [0.2, 0.25) is 5.02 Å². The first-order chi connectivity index (χ1) is 10.2. The van der Waals surface area contributed by atoms with Crippen LogP contribution in [0.4, 0.5) is 0 Å². The molecule has 0 heterocycles. The van der Waals surface area contributed by atoms with Crippen LogP contribution in [0.25, 0.3) is 10.8 Å². The van der Waals surface area contributed by atoms with E-state index in [1.54, 1.807) is 12.1 Å². The molecule has 0 atom stereocenters. The molecule has 0 unspecified atom stereocenters. The molecular weight excluding hydrogens is 300 g/mol. The summed E-state index contributed by atoms with van der Waals surface area (Å²) in [4.78, 5) is 13.3. The molecule has 21 heavy (non-hydrogen) atoms. The predicted octanol–water partition coefficient (Wildman–Crippen LogP) is 5.47. The summed E-state index contributed by atoms with van der Waals surface area (Å²) >= 11 is 7.59. The maximum atomic E-state index is 12.2. The first-order valence-corrected chi connectivity index (χ1v) is 8.00. The third-order valence-electron chi connectivity index (χ3n) is 3.27. The van der Waals surface area contributed by atoms with Crippen molar-refractivity contribution in [2.45, 2.75) is 4.90 Å². The Morgan fingerprint density at radius 3 is 2.43 bits per heavy atom. The van der Waals surface area contributed by atoms with Crippen LogP contribution in [0.15, 0.2) is 71.6 Å². The third-order valence-corrected chi connectivity index (χ3v) is 4.59. The highest BCUT2D eigenvalue weighted by Gasteiger charge is 2.10. The van der Waals surface area contributed by atoms with Gasteiger partial charge in [-0.2, -0.15) is 0 Å². The van der Waals surface area contributed by atoms with Crippen molar-refractivity contribution in [2.75, 3.05) is 5.75 Å². The van der Waals surface area contributed by atoms with E-state index in [2.05, 4.69) is 24.3 Å². The Labute approximate surface area is 132 Å². The molecule has 104 valence electrons. The van der Waals surface area contributed by atoms with Crippen molar-refractivity contribution in [3.8, 4) is 0 Å². The van der Waals surface area contributed by atoms with Gasteiger partial charge in [0.05, 0.1) is 10.8 Å². The van der Waals surface area contributed by atoms with E-state index in [0.717, 1.165) is 4.90 Å². The Kier molecular flexibility index (Phi) is 4.28. The zero-order chi connectivity index (χ0) is 14.7. The lowest BCUT2D eigenvalue weighted by Crippen LogP contribution is -2.02. The van der Waals surface area contributed by atoms with Crippen molar-refractivity contribution >= 4 is 39.9 Å². The van der Waals surface area contributed by atoms with Gasteiger partial charge in [-0.05, 0) is 35.0 Å². The molecule has 0 amide bonds. The summed E-state index contributed by atoms with van der Waals surface area (Å²) in [5.41, 5.74) is 0.590. The van der Waals surface area contributed by atoms with E-state index in [1.165, 1.54) is 22.5 Å². The van der Waals surface area contributed by atoms with Gasteiger partial charge in [-0.15, -0.1) is 11.8 Å². The van der Waals surface area contributed by atoms with E-state index in [0.29, 0.717) is 16.3 Å². The molecule has 0 saturated carbocycles. The van der Waals surface area contributed by atoms with Crippen LogP contribution >= 0.6 is 23.4 Å². The smallest absolute Gasteiger partial charge is 0.174 e. The molecule has 0 N–H and O–H groups in total. The minimum Gasteiger partial charge on any atom is -0.293 e. The number of carbonyl (C=O) groups excluding carboxylic acids is 1. The second-order valence-electron chi connectivity index (χ2n) is 4.70. The van der Waals surface area contributed by atoms with Crippen LogP contribution in [-0.4, -0.2) is 11.5 Å². The molecule has 3 rings (SSSR count). The number of rotatable bonds is 4. The molecule has 3 heteroatoms. The normalized spacial score (nSPS) is 10.7. The Morgan fingerprint density at radius 1 is 0.905 bits per heavy atom. The van der Waals surface area contributed by atoms with Crippen molar-refractivity contribution in [1.29, 1.82) is 0 Å². The summed E-state index contributed by atoms with van der Waals surface area (Å²) < 4.78 is 0. The van der Waals surface area contributed by atoms with Crippen molar-refractivity contribution in [3.63, 3.8) is 0 Å². The monoisotopic (exact) mass is 312 g/mol. The Hall–Kier alpha value is -1.77. The quantitative estimate of drug-likeness (QED) is 0.469. The van der Waals surface area contributed by atoms with Gasteiger partial charge >= 0.3 is 0 Å². The largest absolute Gasteiger partial charge is 0.293 e. The lowest BCUT2D eigenvalue weighted by atomic mass is 10.1. The fraction of sp³-hybridized carbons (Fsp3) is 0.0556. The van der Waals surface area contributed by atoms with Crippen molar-refractivity contribution < 1.29 is 4.79 Å². The number of thioether (sulfide) groups is 1. The lowest BCUT2D eigenvalue weighted by Gasteiger charge is -2.05. The number of carbonyl (C=O) groups is 1. The number of Topliss-reactive ketones (excluding diaryl/α,β-unsaturated/α-hetero) is 1. The van der Waals surface area contributed by atoms with Crippen molar-refractivity contribution in [1.82, 2.24) is 0 Å². The van der Waals surface area contributed by atoms with Crippen LogP contribution in [0.1, 0.15) is 10.4 Å². The molecule has 0 aromatic heterocycles. The topological polar surface area (TPSA) is 17.1 Å². The molecule has 1 nitrogen and oxygen atoms in total. The fourth-order valence-corrected chi connectivity index (χ4v) is 3.24. The second kappa shape index (κ2) is 6.33. The Bertz CT molecular complexity index is 798. The van der Waals surface area contributed by atoms with Gasteiger partial charge in [0.1, 0.15) is 0 Å². The molecule has 0 saturated heterocycles. The summed E-state index contributed by atoms with van der Waals surface area (Å²) in [6.07, 6.45) is 0. The van der Waals surface area contributed by atoms with Gasteiger partial charge in [-0.3, -0.25) is 4.79 Å². The maximum absolute atomic E-state index is 12.2. The molecule has 0 aliphatic carbocycles. The summed E-state index contributed by atoms with van der Waals surface area (Å²) in [6, 6.07) is 21.6. The zero-order valence-corrected chi connectivity index (χ0v) is 12.8. The third kappa shape index (κ3) is 3.29. The van der Waals surface area contributed by atoms with Gasteiger partial charge in [0, 0.05) is 10.5 Å². The highest BCUT2D eigenvalue weighted by Crippen LogP contribution is 2.25. The van der Waals surface area contributed by atoms with E-state index >= 15 is 0 Å². The van der Waals surface area contributed by atoms with Gasteiger partial charge in [-0.25, -0.2) is 0 Å². The summed E-state index contributed by atoms with van der Waals surface area (Å²) in [6.45, 7) is 0. The van der Waals surface area contributed by atoms with Crippen LogP contribution in [0, 0.1) is 0 Å². The van der Waals surface area contributed by atoms with E-state index in [-0.39, 0.29) is 5.78 Å². The second-order valence-corrected chi connectivity index (χ2v) is 6.16. The Balaban J connectivity index is 1.74. The average Bonchev–Trinajstić information content (AvgIpc) is 2.53. The first-order valence-electron chi connectivity index (χ1n) is 6.63. The molecule has 3 aromatic rings. The van der Waals surface area contributed by atoms with E-state index in [9.17, 15) is 4.79 Å². The lowest BCUT2D eigenvalue weighted by molar-refractivity contribution is 0.102. The number of halogens is 1. The van der Waals surface area contributed by atoms with Crippen LogP contribution < -0.4 is 0 Å². The van der Waals surface area contributed by atoms with Gasteiger partial charge in [0.15, 0.2) is 5.78 Å². The zero-order valence-electron chi connectivity index (χ0n) is 11.3. The molecule has 0 bridgehead atoms. The first kappa shape index (κ1) is 14.2. The van der Waals surface area contributed by atoms with Crippen LogP contribution in [0.5, 0.6) is 0 Å². The van der Waals surface area contributed by atoms with Gasteiger partial charge in [0.2, 0.25) is 0 Å².